The highest BCUT2D eigenvalue weighted by atomic mass is 32.2. The Balaban J connectivity index is 1.57. The molecule has 0 saturated carbocycles. The second kappa shape index (κ2) is 10.00. The minimum absolute atomic E-state index is 0.163. The van der Waals surface area contributed by atoms with Crippen LogP contribution in [-0.2, 0) is 23.2 Å². The van der Waals surface area contributed by atoms with E-state index in [1.165, 1.54) is 38.4 Å². The van der Waals surface area contributed by atoms with Gasteiger partial charge in [0, 0.05) is 27.2 Å². The summed E-state index contributed by atoms with van der Waals surface area (Å²) in [7, 11) is 4.23. The molecule has 2 aromatic carbocycles. The third kappa shape index (κ3) is 4.81. The van der Waals surface area contributed by atoms with Crippen molar-refractivity contribution in [1.82, 2.24) is 24.6 Å². The van der Waals surface area contributed by atoms with Crippen molar-refractivity contribution in [2.45, 2.75) is 16.7 Å². The number of nitro benzene ring substituents is 1. The van der Waals surface area contributed by atoms with Crippen LogP contribution in [0.4, 0.5) is 10.5 Å². The molecule has 1 aliphatic heterocycles. The predicted molar refractivity (Wildman–Crippen MR) is 128 cm³/mol. The average Bonchev–Trinajstić information content (AvgIpc) is 3.23. The van der Waals surface area contributed by atoms with Gasteiger partial charge in [0.25, 0.3) is 17.5 Å². The Hall–Kier alpha value is -4.52. The number of ether oxygens (including phenoxy) is 1. The number of hydrogen-bond donors (Lipinski definition) is 0. The topological polar surface area (TPSA) is 141 Å². The predicted octanol–water partition coefficient (Wildman–Crippen LogP) is 2.89. The average molecular weight is 509 g/mol. The lowest BCUT2D eigenvalue weighted by Gasteiger charge is -2.28. The maximum atomic E-state index is 12.4. The Labute approximate surface area is 209 Å². The van der Waals surface area contributed by atoms with Crippen LogP contribution in [0.1, 0.15) is 11.4 Å². The number of para-hydroxylation sites is 1. The molecule has 1 aliphatic rings. The number of carbonyl (C=O) groups is 3. The largest absolute Gasteiger partial charge is 0.486 e. The first-order valence-corrected chi connectivity index (χ1v) is 11.3. The number of likely N-dealkylation sites (N-methyl/N-ethyl adjacent to an activating group) is 2. The monoisotopic (exact) mass is 508 g/mol. The molecule has 4 rings (SSSR count). The SMILES string of the molecule is CN1C(=O)C(=Cc2ccc(Sc3nnc(COc4ccccc4)n3C)c([N+](=O)[O-])c2)C(=O)N(C)C1=O. The Kier molecular flexibility index (Phi) is 6.83. The molecule has 0 unspecified atom stereocenters. The van der Waals surface area contributed by atoms with E-state index in [1.807, 2.05) is 30.3 Å². The molecule has 1 aromatic heterocycles. The van der Waals surface area contributed by atoms with E-state index >= 15 is 0 Å². The van der Waals surface area contributed by atoms with Gasteiger partial charge in [0.1, 0.15) is 17.9 Å². The number of rotatable bonds is 7. The molecule has 184 valence electrons. The molecule has 0 spiro atoms. The van der Waals surface area contributed by atoms with Gasteiger partial charge in [-0.3, -0.25) is 29.5 Å². The van der Waals surface area contributed by atoms with Gasteiger partial charge in [-0.2, -0.15) is 0 Å². The summed E-state index contributed by atoms with van der Waals surface area (Å²) in [5.41, 5.74) is -0.257. The van der Waals surface area contributed by atoms with Crippen molar-refractivity contribution in [3.8, 4) is 5.75 Å². The maximum Gasteiger partial charge on any atom is 0.333 e. The van der Waals surface area contributed by atoms with Crippen molar-refractivity contribution in [2.24, 2.45) is 7.05 Å². The Morgan fingerprint density at radius 2 is 1.67 bits per heavy atom. The third-order valence-corrected chi connectivity index (χ3v) is 6.48. The highest BCUT2D eigenvalue weighted by molar-refractivity contribution is 7.99. The van der Waals surface area contributed by atoms with Crippen molar-refractivity contribution in [1.29, 1.82) is 0 Å². The zero-order chi connectivity index (χ0) is 26.0. The first kappa shape index (κ1) is 24.6. The third-order valence-electron chi connectivity index (χ3n) is 5.37. The van der Waals surface area contributed by atoms with Crippen LogP contribution in [0.2, 0.25) is 0 Å². The van der Waals surface area contributed by atoms with Crippen molar-refractivity contribution in [2.75, 3.05) is 14.1 Å². The summed E-state index contributed by atoms with van der Waals surface area (Å²) in [6.07, 6.45) is 1.23. The summed E-state index contributed by atoms with van der Waals surface area (Å²) >= 11 is 1.05. The molecular formula is C23H20N6O6S. The number of amides is 4. The number of imide groups is 2. The molecule has 0 radical (unpaired) electrons. The van der Waals surface area contributed by atoms with E-state index in [0.29, 0.717) is 21.6 Å². The molecule has 0 aliphatic carbocycles. The standard InChI is InChI=1S/C23H20N6O6S/c1-26-19(13-35-15-7-5-4-6-8-15)24-25-22(26)36-18-10-9-14(12-17(18)29(33)34)11-16-20(30)27(2)23(32)28(3)21(16)31/h4-12H,13H2,1-3H3. The molecule has 1 saturated heterocycles. The van der Waals surface area contributed by atoms with Gasteiger partial charge in [-0.1, -0.05) is 24.3 Å². The van der Waals surface area contributed by atoms with E-state index in [1.54, 1.807) is 11.6 Å². The van der Waals surface area contributed by atoms with Crippen LogP contribution in [0.15, 0.2) is 64.2 Å². The molecule has 1 fully saturated rings. The van der Waals surface area contributed by atoms with Gasteiger partial charge in [-0.05, 0) is 41.6 Å². The maximum absolute atomic E-state index is 12.4. The molecule has 0 bridgehead atoms. The molecule has 12 nitrogen and oxygen atoms in total. The lowest BCUT2D eigenvalue weighted by Crippen LogP contribution is -2.52. The molecule has 36 heavy (non-hydrogen) atoms. The summed E-state index contributed by atoms with van der Waals surface area (Å²) in [6, 6.07) is 12.7. The van der Waals surface area contributed by atoms with Crippen LogP contribution < -0.4 is 4.74 Å². The zero-order valence-corrected chi connectivity index (χ0v) is 20.3. The van der Waals surface area contributed by atoms with Crippen LogP contribution in [0.3, 0.4) is 0 Å². The summed E-state index contributed by atoms with van der Waals surface area (Å²) < 4.78 is 7.37. The van der Waals surface area contributed by atoms with Gasteiger partial charge in [0.2, 0.25) is 0 Å². The second-order valence-corrected chi connectivity index (χ2v) is 8.72. The number of nitrogens with zero attached hydrogens (tertiary/aromatic N) is 6. The fourth-order valence-electron chi connectivity index (χ4n) is 3.32. The van der Waals surface area contributed by atoms with Gasteiger partial charge in [-0.15, -0.1) is 10.2 Å². The van der Waals surface area contributed by atoms with Crippen molar-refractivity contribution < 1.29 is 24.0 Å². The summed E-state index contributed by atoms with van der Waals surface area (Å²) in [6.45, 7) is 0.163. The smallest absolute Gasteiger partial charge is 0.333 e. The second-order valence-electron chi connectivity index (χ2n) is 7.71. The van der Waals surface area contributed by atoms with Crippen LogP contribution in [0, 0.1) is 10.1 Å². The van der Waals surface area contributed by atoms with E-state index in [4.69, 9.17) is 4.74 Å². The molecule has 13 heteroatoms. The van der Waals surface area contributed by atoms with Gasteiger partial charge < -0.3 is 9.30 Å². The van der Waals surface area contributed by atoms with Crippen LogP contribution >= 0.6 is 11.8 Å². The van der Waals surface area contributed by atoms with E-state index in [9.17, 15) is 24.5 Å². The highest BCUT2D eigenvalue weighted by Gasteiger charge is 2.37. The first-order valence-electron chi connectivity index (χ1n) is 10.5. The van der Waals surface area contributed by atoms with E-state index in [-0.39, 0.29) is 23.4 Å². The van der Waals surface area contributed by atoms with Gasteiger partial charge in [0.15, 0.2) is 11.0 Å². The van der Waals surface area contributed by atoms with Crippen molar-refractivity contribution >= 4 is 41.4 Å². The Morgan fingerprint density at radius 3 is 2.31 bits per heavy atom. The fraction of sp³-hybridized carbons (Fsp3) is 0.174. The summed E-state index contributed by atoms with van der Waals surface area (Å²) in [4.78, 5) is 49.9. The van der Waals surface area contributed by atoms with Gasteiger partial charge >= 0.3 is 6.03 Å². The molecule has 3 aromatic rings. The van der Waals surface area contributed by atoms with Crippen LogP contribution in [-0.4, -0.2) is 61.4 Å². The minimum Gasteiger partial charge on any atom is -0.486 e. The normalized spacial score (nSPS) is 13.9. The quantitative estimate of drug-likeness (QED) is 0.204. The number of benzene rings is 2. The van der Waals surface area contributed by atoms with Crippen molar-refractivity contribution in [3.63, 3.8) is 0 Å². The lowest BCUT2D eigenvalue weighted by atomic mass is 10.1. The number of nitro groups is 1. The van der Waals surface area contributed by atoms with Gasteiger partial charge in [0.05, 0.1) is 9.82 Å². The number of hydrogen-bond acceptors (Lipinski definition) is 9. The number of carbonyl (C=O) groups excluding carboxylic acids is 3. The molecule has 4 amide bonds. The van der Waals surface area contributed by atoms with E-state index in [2.05, 4.69) is 10.2 Å². The van der Waals surface area contributed by atoms with E-state index in [0.717, 1.165) is 21.6 Å². The minimum atomic E-state index is -0.784. The molecule has 0 atom stereocenters. The van der Waals surface area contributed by atoms with Crippen LogP contribution in [0.5, 0.6) is 5.75 Å². The number of aromatic nitrogens is 3. The number of barbiturate groups is 1. The lowest BCUT2D eigenvalue weighted by molar-refractivity contribution is -0.387. The van der Waals surface area contributed by atoms with E-state index < -0.39 is 22.8 Å². The molecule has 2 heterocycles. The summed E-state index contributed by atoms with van der Waals surface area (Å²) in [5, 5.41) is 20.4. The Bertz CT molecular complexity index is 1380. The zero-order valence-electron chi connectivity index (χ0n) is 19.4. The highest BCUT2D eigenvalue weighted by Crippen LogP contribution is 2.35. The number of urea groups is 1. The summed E-state index contributed by atoms with van der Waals surface area (Å²) in [5.74, 6) is -0.365. The molecule has 0 N–H and O–H groups in total. The fourth-order valence-corrected chi connectivity index (χ4v) is 4.21. The van der Waals surface area contributed by atoms with Crippen molar-refractivity contribution in [3.05, 3.63) is 75.6 Å². The van der Waals surface area contributed by atoms with Crippen LogP contribution in [0.25, 0.3) is 6.08 Å². The Morgan fingerprint density at radius 1 is 1.00 bits per heavy atom. The first-order chi connectivity index (χ1) is 17.2. The van der Waals surface area contributed by atoms with Gasteiger partial charge in [-0.25, -0.2) is 4.79 Å². The molecular weight excluding hydrogens is 488 g/mol.